The zero-order valence-electron chi connectivity index (χ0n) is 12.8. The summed E-state index contributed by atoms with van der Waals surface area (Å²) < 4.78 is 1.81. The van der Waals surface area contributed by atoms with Gasteiger partial charge in [0.25, 0.3) is 0 Å². The van der Waals surface area contributed by atoms with Crippen LogP contribution in [0.15, 0.2) is 24.0 Å². The number of thiazole rings is 1. The fraction of sp³-hybridized carbons (Fsp3) is 0.500. The van der Waals surface area contributed by atoms with E-state index in [4.69, 9.17) is 0 Å². The van der Waals surface area contributed by atoms with Crippen molar-refractivity contribution in [1.82, 2.24) is 19.7 Å². The minimum atomic E-state index is -0.137. The van der Waals surface area contributed by atoms with Crippen LogP contribution in [0.5, 0.6) is 0 Å². The number of hydrogen-bond acceptors (Lipinski definition) is 4. The number of amides is 2. The number of carbonyl (C=O) groups is 1. The molecule has 1 N–H and O–H groups in total. The maximum Gasteiger partial charge on any atom is 0.321 e. The molecule has 0 aliphatic carbocycles. The van der Waals surface area contributed by atoms with Crippen molar-refractivity contribution in [3.63, 3.8) is 0 Å². The van der Waals surface area contributed by atoms with E-state index >= 15 is 0 Å². The molecule has 0 aliphatic rings. The first-order valence-electron chi connectivity index (χ1n) is 6.93. The number of nitrogens with one attached hydrogen (secondary N) is 1. The molecule has 0 radical (unpaired) electrons. The van der Waals surface area contributed by atoms with Gasteiger partial charge < -0.3 is 10.2 Å². The number of urea groups is 1. The van der Waals surface area contributed by atoms with Crippen LogP contribution in [0.2, 0.25) is 0 Å². The predicted molar refractivity (Wildman–Crippen MR) is 84.8 cm³/mol. The van der Waals surface area contributed by atoms with Gasteiger partial charge in [0.05, 0.1) is 16.9 Å². The molecular formula is C14H21N5OS. The maximum atomic E-state index is 12.2. The van der Waals surface area contributed by atoms with Crippen LogP contribution in [-0.4, -0.2) is 39.3 Å². The second kappa shape index (κ2) is 6.71. The lowest BCUT2D eigenvalue weighted by Crippen LogP contribution is -2.34. The van der Waals surface area contributed by atoms with Crippen LogP contribution in [0.1, 0.15) is 37.7 Å². The summed E-state index contributed by atoms with van der Waals surface area (Å²) in [5.74, 6) is 0.221. The third kappa shape index (κ3) is 4.04. The quantitative estimate of drug-likeness (QED) is 0.922. The average Bonchev–Trinajstić information content (AvgIpc) is 3.09. The third-order valence-electron chi connectivity index (χ3n) is 3.15. The second-order valence-electron chi connectivity index (χ2n) is 5.38. The van der Waals surface area contributed by atoms with Gasteiger partial charge in [0.2, 0.25) is 0 Å². The molecule has 2 amide bonds. The summed E-state index contributed by atoms with van der Waals surface area (Å²) in [5.41, 5.74) is 0.711. The number of anilines is 1. The Kier molecular flexibility index (Phi) is 4.95. The van der Waals surface area contributed by atoms with E-state index in [0.29, 0.717) is 12.2 Å². The lowest BCUT2D eigenvalue weighted by atomic mass is 10.2. The molecule has 2 heterocycles. The van der Waals surface area contributed by atoms with E-state index in [9.17, 15) is 4.79 Å². The van der Waals surface area contributed by atoms with Gasteiger partial charge >= 0.3 is 6.03 Å². The van der Waals surface area contributed by atoms with Crippen LogP contribution < -0.4 is 5.32 Å². The molecule has 1 atom stereocenters. The number of rotatable bonds is 5. The van der Waals surface area contributed by atoms with Crippen LogP contribution in [-0.2, 0) is 0 Å². The Hall–Kier alpha value is -1.89. The van der Waals surface area contributed by atoms with Crippen molar-refractivity contribution < 1.29 is 4.79 Å². The van der Waals surface area contributed by atoms with E-state index < -0.39 is 0 Å². The highest BCUT2D eigenvalue weighted by Crippen LogP contribution is 2.18. The Morgan fingerprint density at radius 2 is 2.24 bits per heavy atom. The molecule has 21 heavy (non-hydrogen) atoms. The normalized spacial score (nSPS) is 12.4. The summed E-state index contributed by atoms with van der Waals surface area (Å²) in [6, 6.07) is 0.139. The van der Waals surface area contributed by atoms with E-state index in [0.717, 1.165) is 5.01 Å². The Bertz CT molecular complexity index is 578. The third-order valence-corrected chi connectivity index (χ3v) is 4.16. The Labute approximate surface area is 128 Å². The van der Waals surface area contributed by atoms with E-state index in [1.807, 2.05) is 30.1 Å². The van der Waals surface area contributed by atoms with Gasteiger partial charge in [-0.3, -0.25) is 4.68 Å². The topological polar surface area (TPSA) is 63.1 Å². The summed E-state index contributed by atoms with van der Waals surface area (Å²) >= 11 is 1.61. The van der Waals surface area contributed by atoms with Crippen LogP contribution in [0.4, 0.5) is 10.5 Å². The largest absolute Gasteiger partial charge is 0.327 e. The van der Waals surface area contributed by atoms with Crippen molar-refractivity contribution in [3.05, 3.63) is 29.0 Å². The van der Waals surface area contributed by atoms with E-state index in [2.05, 4.69) is 22.3 Å². The molecule has 0 spiro atoms. The number of carbonyl (C=O) groups excluding carboxylic acids is 1. The van der Waals surface area contributed by atoms with Gasteiger partial charge in [0.15, 0.2) is 0 Å². The van der Waals surface area contributed by atoms with E-state index in [1.165, 1.54) is 0 Å². The summed E-state index contributed by atoms with van der Waals surface area (Å²) in [4.78, 5) is 18.1. The van der Waals surface area contributed by atoms with Crippen LogP contribution in [0.3, 0.4) is 0 Å². The second-order valence-corrected chi connectivity index (χ2v) is 6.31. The van der Waals surface area contributed by atoms with Gasteiger partial charge in [-0.1, -0.05) is 6.92 Å². The molecule has 0 unspecified atom stereocenters. The number of nitrogens with zero attached hydrogens (tertiary/aromatic N) is 4. The van der Waals surface area contributed by atoms with Gasteiger partial charge in [-0.25, -0.2) is 9.78 Å². The molecule has 7 heteroatoms. The molecule has 2 rings (SSSR count). The first-order valence-corrected chi connectivity index (χ1v) is 7.81. The number of aromatic nitrogens is 3. The first-order chi connectivity index (χ1) is 9.97. The van der Waals surface area contributed by atoms with Crippen molar-refractivity contribution in [1.29, 1.82) is 0 Å². The highest BCUT2D eigenvalue weighted by Gasteiger charge is 2.16. The van der Waals surface area contributed by atoms with Crippen molar-refractivity contribution in [2.24, 2.45) is 0 Å². The lowest BCUT2D eigenvalue weighted by molar-refractivity contribution is 0.220. The fourth-order valence-electron chi connectivity index (χ4n) is 1.95. The first kappa shape index (κ1) is 15.5. The zero-order chi connectivity index (χ0) is 15.4. The summed E-state index contributed by atoms with van der Waals surface area (Å²) in [6.45, 7) is 6.78. The van der Waals surface area contributed by atoms with Crippen LogP contribution in [0, 0.1) is 0 Å². The molecule has 0 saturated heterocycles. The molecule has 6 nitrogen and oxygen atoms in total. The molecule has 0 saturated carbocycles. The summed E-state index contributed by atoms with van der Waals surface area (Å²) in [7, 11) is 1.78. The summed E-state index contributed by atoms with van der Waals surface area (Å²) in [5, 5.41) is 10.1. The van der Waals surface area contributed by atoms with Gasteiger partial charge in [0, 0.05) is 43.3 Å². The molecule has 2 aromatic heterocycles. The summed E-state index contributed by atoms with van der Waals surface area (Å²) in [6.07, 6.45) is 5.29. The highest BCUT2D eigenvalue weighted by atomic mass is 32.1. The zero-order valence-corrected chi connectivity index (χ0v) is 13.6. The van der Waals surface area contributed by atoms with Crippen LogP contribution in [0.25, 0.3) is 0 Å². The molecular weight excluding hydrogens is 286 g/mol. The average molecular weight is 307 g/mol. The number of likely N-dealkylation sites (N-methyl/N-ethyl adjacent to an activating group) is 1. The van der Waals surface area contributed by atoms with Gasteiger partial charge in [0.1, 0.15) is 0 Å². The number of hydrogen-bond donors (Lipinski definition) is 1. The minimum Gasteiger partial charge on any atom is -0.327 e. The van der Waals surface area contributed by atoms with Crippen molar-refractivity contribution in [3.8, 4) is 0 Å². The van der Waals surface area contributed by atoms with Gasteiger partial charge in [-0.2, -0.15) is 5.10 Å². The Morgan fingerprint density at radius 3 is 2.81 bits per heavy atom. The van der Waals surface area contributed by atoms with Crippen LogP contribution >= 0.6 is 11.3 Å². The molecule has 114 valence electrons. The fourth-order valence-corrected chi connectivity index (χ4v) is 2.64. The van der Waals surface area contributed by atoms with Crippen molar-refractivity contribution in [2.75, 3.05) is 18.9 Å². The maximum absolute atomic E-state index is 12.2. The Morgan fingerprint density at radius 1 is 1.48 bits per heavy atom. The SMILES string of the molecule is CC(C)n1cc(NC(=O)N(C)C[C@H](C)c2nccs2)cn1. The van der Waals surface area contributed by atoms with Crippen molar-refractivity contribution >= 4 is 23.1 Å². The lowest BCUT2D eigenvalue weighted by Gasteiger charge is -2.20. The highest BCUT2D eigenvalue weighted by molar-refractivity contribution is 7.09. The molecule has 0 fully saturated rings. The van der Waals surface area contributed by atoms with E-state index in [-0.39, 0.29) is 18.0 Å². The minimum absolute atomic E-state index is 0.137. The molecule has 0 aliphatic heterocycles. The van der Waals surface area contributed by atoms with Gasteiger partial charge in [-0.05, 0) is 13.8 Å². The monoisotopic (exact) mass is 307 g/mol. The Balaban J connectivity index is 1.90. The van der Waals surface area contributed by atoms with E-state index in [1.54, 1.807) is 35.7 Å². The van der Waals surface area contributed by atoms with Gasteiger partial charge in [-0.15, -0.1) is 11.3 Å². The smallest absolute Gasteiger partial charge is 0.321 e. The molecule has 0 bridgehead atoms. The van der Waals surface area contributed by atoms with Crippen molar-refractivity contribution in [2.45, 2.75) is 32.7 Å². The molecule has 2 aromatic rings. The molecule has 0 aromatic carbocycles. The predicted octanol–water partition coefficient (Wildman–Crippen LogP) is 3.19. The standard InChI is InChI=1S/C14H21N5OS/c1-10(2)19-9-12(7-16-19)17-14(20)18(4)8-11(3)13-15-5-6-21-13/h5-7,9-11H,8H2,1-4H3,(H,17,20)/t11-/m0/s1.